The van der Waals surface area contributed by atoms with Gasteiger partial charge in [0.15, 0.2) is 5.78 Å². The van der Waals surface area contributed by atoms with E-state index < -0.39 is 5.97 Å². The lowest BCUT2D eigenvalue weighted by Gasteiger charge is -1.99. The number of carboxylic acids is 1. The van der Waals surface area contributed by atoms with Gasteiger partial charge in [-0.15, -0.1) is 0 Å². The van der Waals surface area contributed by atoms with Gasteiger partial charge in [0.05, 0.1) is 11.7 Å². The van der Waals surface area contributed by atoms with E-state index in [9.17, 15) is 14.7 Å². The van der Waals surface area contributed by atoms with Gasteiger partial charge in [-0.05, 0) is 37.6 Å². The number of carbonyl (C=O) groups is 2. The summed E-state index contributed by atoms with van der Waals surface area (Å²) in [5.41, 5.74) is 1.93. The average molecular weight is 216 g/mol. The van der Waals surface area contributed by atoms with Gasteiger partial charge in [-0.25, -0.2) is 0 Å². The van der Waals surface area contributed by atoms with Crippen LogP contribution in [-0.2, 0) is 0 Å². The van der Waals surface area contributed by atoms with E-state index in [-0.39, 0.29) is 11.5 Å². The number of aromatic amines is 1. The second kappa shape index (κ2) is 3.48. The van der Waals surface area contributed by atoms with E-state index in [1.54, 1.807) is 25.1 Å². The van der Waals surface area contributed by atoms with Crippen LogP contribution in [0.3, 0.4) is 0 Å². The summed E-state index contributed by atoms with van der Waals surface area (Å²) in [5.74, 6) is -1.28. The lowest BCUT2D eigenvalue weighted by molar-refractivity contribution is -0.255. The minimum absolute atomic E-state index is 0.0440. The van der Waals surface area contributed by atoms with Crippen LogP contribution in [-0.4, -0.2) is 16.7 Å². The number of carboxylic acid groups (broad SMARTS) is 1. The molecule has 1 heterocycles. The number of ketones is 1. The number of nitrogens with one attached hydrogen (secondary N) is 1. The van der Waals surface area contributed by atoms with E-state index in [0.29, 0.717) is 16.6 Å². The molecule has 4 heteroatoms. The molecular formula is C12H10NO3-. The molecule has 2 rings (SSSR count). The zero-order valence-corrected chi connectivity index (χ0v) is 8.96. The predicted octanol–water partition coefficient (Wildman–Crippen LogP) is 1.04. The molecule has 0 aliphatic heterocycles. The molecule has 1 aromatic heterocycles. The lowest BCUT2D eigenvalue weighted by Crippen LogP contribution is -2.23. The number of benzene rings is 1. The first kappa shape index (κ1) is 10.4. The van der Waals surface area contributed by atoms with Crippen LogP contribution in [0.1, 0.15) is 33.3 Å². The average Bonchev–Trinajstić information content (AvgIpc) is 2.56. The van der Waals surface area contributed by atoms with Crippen molar-refractivity contribution in [3.63, 3.8) is 0 Å². The summed E-state index contributed by atoms with van der Waals surface area (Å²) < 4.78 is 0. The van der Waals surface area contributed by atoms with Crippen molar-refractivity contribution in [1.82, 2.24) is 4.98 Å². The minimum atomic E-state index is -1.24. The molecule has 0 saturated carbocycles. The quantitative estimate of drug-likeness (QED) is 0.762. The highest BCUT2D eigenvalue weighted by Crippen LogP contribution is 2.22. The number of aromatic nitrogens is 1. The Labute approximate surface area is 91.9 Å². The Bertz CT molecular complexity index is 596. The van der Waals surface area contributed by atoms with Gasteiger partial charge < -0.3 is 14.9 Å². The van der Waals surface area contributed by atoms with Crippen LogP contribution in [0.4, 0.5) is 0 Å². The first-order valence-electron chi connectivity index (χ1n) is 4.85. The van der Waals surface area contributed by atoms with Crippen molar-refractivity contribution in [2.45, 2.75) is 13.8 Å². The first-order chi connectivity index (χ1) is 7.50. The van der Waals surface area contributed by atoms with Gasteiger partial charge in [0.1, 0.15) is 0 Å². The summed E-state index contributed by atoms with van der Waals surface area (Å²) >= 11 is 0. The zero-order chi connectivity index (χ0) is 11.9. The molecule has 0 spiro atoms. The Balaban J connectivity index is 2.73. The Kier molecular flexibility index (Phi) is 2.27. The highest BCUT2D eigenvalue weighted by atomic mass is 16.4. The van der Waals surface area contributed by atoms with E-state index in [0.717, 1.165) is 5.39 Å². The molecule has 82 valence electrons. The van der Waals surface area contributed by atoms with E-state index >= 15 is 0 Å². The number of rotatable bonds is 2. The number of H-pyrrole nitrogens is 1. The summed E-state index contributed by atoms with van der Waals surface area (Å²) in [6.45, 7) is 3.16. The van der Waals surface area contributed by atoms with Gasteiger partial charge >= 0.3 is 0 Å². The Hall–Kier alpha value is -2.10. The highest BCUT2D eigenvalue weighted by molar-refractivity contribution is 6.01. The topological polar surface area (TPSA) is 73.0 Å². The van der Waals surface area contributed by atoms with E-state index in [1.165, 1.54) is 6.92 Å². The molecule has 0 aliphatic rings. The minimum Gasteiger partial charge on any atom is -0.543 e. The number of hydrogen-bond acceptors (Lipinski definition) is 3. The van der Waals surface area contributed by atoms with Crippen LogP contribution in [0.15, 0.2) is 18.2 Å². The van der Waals surface area contributed by atoms with Crippen molar-refractivity contribution in [3.8, 4) is 0 Å². The van der Waals surface area contributed by atoms with Crippen LogP contribution in [0.25, 0.3) is 10.9 Å². The molecule has 0 aliphatic carbocycles. The second-order valence-corrected chi connectivity index (χ2v) is 3.73. The van der Waals surface area contributed by atoms with Crippen molar-refractivity contribution < 1.29 is 14.7 Å². The number of Topliss-reactive ketones (excluding diaryl/α,β-unsaturated/α-hetero) is 1. The third-order valence-electron chi connectivity index (χ3n) is 2.67. The van der Waals surface area contributed by atoms with E-state index in [4.69, 9.17) is 0 Å². The molecule has 0 radical (unpaired) electrons. The number of hydrogen-bond donors (Lipinski definition) is 1. The van der Waals surface area contributed by atoms with Crippen molar-refractivity contribution in [1.29, 1.82) is 0 Å². The largest absolute Gasteiger partial charge is 0.543 e. The van der Waals surface area contributed by atoms with Crippen molar-refractivity contribution in [2.75, 3.05) is 0 Å². The number of aromatic carboxylic acids is 1. The Morgan fingerprint density at radius 3 is 2.56 bits per heavy atom. The summed E-state index contributed by atoms with van der Waals surface area (Å²) in [6.07, 6.45) is 0. The number of carbonyl (C=O) groups excluding carboxylic acids is 2. The molecule has 1 aromatic carbocycles. The van der Waals surface area contributed by atoms with Crippen LogP contribution < -0.4 is 5.11 Å². The molecule has 0 bridgehead atoms. The smallest absolute Gasteiger partial charge is 0.159 e. The molecule has 0 amide bonds. The molecule has 16 heavy (non-hydrogen) atoms. The highest BCUT2D eigenvalue weighted by Gasteiger charge is 2.09. The normalized spacial score (nSPS) is 10.6. The lowest BCUT2D eigenvalue weighted by atomic mass is 10.1. The number of aryl methyl sites for hydroxylation is 1. The molecule has 0 saturated heterocycles. The van der Waals surface area contributed by atoms with Crippen molar-refractivity contribution in [3.05, 3.63) is 35.0 Å². The maximum Gasteiger partial charge on any atom is 0.159 e. The maximum atomic E-state index is 11.2. The van der Waals surface area contributed by atoms with Crippen LogP contribution in [0, 0.1) is 6.92 Å². The molecule has 2 aromatic rings. The molecule has 0 fully saturated rings. The summed E-state index contributed by atoms with van der Waals surface area (Å²) in [6, 6.07) is 5.06. The summed E-state index contributed by atoms with van der Waals surface area (Å²) in [5, 5.41) is 11.5. The first-order valence-corrected chi connectivity index (χ1v) is 4.85. The standard InChI is InChI=1S/C12H11NO3/c1-6-9-5-8(7(2)14)3-4-10(9)13-11(6)12(15)16/h3-5,13H,1-2H3,(H,15,16)/p-1. The van der Waals surface area contributed by atoms with Gasteiger partial charge in [-0.1, -0.05) is 0 Å². The van der Waals surface area contributed by atoms with Gasteiger partial charge in [0, 0.05) is 16.5 Å². The molecular weight excluding hydrogens is 206 g/mol. The molecule has 0 atom stereocenters. The number of fused-ring (bicyclic) bond motifs is 1. The van der Waals surface area contributed by atoms with Crippen molar-refractivity contribution >= 4 is 22.7 Å². The van der Waals surface area contributed by atoms with Crippen LogP contribution in [0.5, 0.6) is 0 Å². The monoisotopic (exact) mass is 216 g/mol. The maximum absolute atomic E-state index is 11.2. The van der Waals surface area contributed by atoms with E-state index in [1.807, 2.05) is 0 Å². The Morgan fingerprint density at radius 1 is 1.31 bits per heavy atom. The fraction of sp³-hybridized carbons (Fsp3) is 0.167. The summed E-state index contributed by atoms with van der Waals surface area (Å²) in [7, 11) is 0. The van der Waals surface area contributed by atoms with Crippen LogP contribution >= 0.6 is 0 Å². The third-order valence-corrected chi connectivity index (χ3v) is 2.67. The third kappa shape index (κ3) is 1.48. The van der Waals surface area contributed by atoms with Gasteiger partial charge in [0.2, 0.25) is 0 Å². The van der Waals surface area contributed by atoms with Crippen molar-refractivity contribution in [2.24, 2.45) is 0 Å². The Morgan fingerprint density at radius 2 is 2.00 bits per heavy atom. The van der Waals surface area contributed by atoms with Gasteiger partial charge in [0.25, 0.3) is 0 Å². The van der Waals surface area contributed by atoms with Gasteiger partial charge in [-0.3, -0.25) is 4.79 Å². The fourth-order valence-electron chi connectivity index (χ4n) is 1.75. The molecule has 0 unspecified atom stereocenters. The van der Waals surface area contributed by atoms with Gasteiger partial charge in [-0.2, -0.15) is 0 Å². The SMILES string of the molecule is CC(=O)c1ccc2[nH]c(C(=O)[O-])c(C)c2c1. The molecule has 4 nitrogen and oxygen atoms in total. The second-order valence-electron chi connectivity index (χ2n) is 3.73. The summed E-state index contributed by atoms with van der Waals surface area (Å²) in [4.78, 5) is 24.8. The predicted molar refractivity (Wildman–Crippen MR) is 57.4 cm³/mol. The van der Waals surface area contributed by atoms with Crippen LogP contribution in [0.2, 0.25) is 0 Å². The van der Waals surface area contributed by atoms with E-state index in [2.05, 4.69) is 4.98 Å². The zero-order valence-electron chi connectivity index (χ0n) is 8.96. The molecule has 1 N–H and O–H groups in total. The fourth-order valence-corrected chi connectivity index (χ4v) is 1.75.